The summed E-state index contributed by atoms with van der Waals surface area (Å²) in [4.78, 5) is 27.1. The average Bonchev–Trinajstić information content (AvgIpc) is 2.71. The number of nitrogens with one attached hydrogen (secondary N) is 1. The number of benzene rings is 2. The van der Waals surface area contributed by atoms with E-state index in [4.69, 9.17) is 4.74 Å². The number of hydrogen-bond donors (Lipinski definition) is 1. The number of hydrogen-bond acceptors (Lipinski definition) is 3. The SMILES string of the molecule is CC[C@H](C)NC(=O)[C@@H](C)N(Cc1ccc(Br)cc1)C(=O)COc1ccccc1. The van der Waals surface area contributed by atoms with Crippen molar-refractivity contribution >= 4 is 27.7 Å². The van der Waals surface area contributed by atoms with Crippen LogP contribution < -0.4 is 10.1 Å². The van der Waals surface area contributed by atoms with Gasteiger partial charge in [-0.2, -0.15) is 0 Å². The molecule has 0 bridgehead atoms. The van der Waals surface area contributed by atoms with Crippen molar-refractivity contribution in [3.05, 3.63) is 64.6 Å². The van der Waals surface area contributed by atoms with Gasteiger partial charge in [-0.05, 0) is 50.1 Å². The summed E-state index contributed by atoms with van der Waals surface area (Å²) in [7, 11) is 0. The summed E-state index contributed by atoms with van der Waals surface area (Å²) < 4.78 is 6.57. The third-order valence-corrected chi connectivity index (χ3v) is 5.07. The largest absolute Gasteiger partial charge is 0.484 e. The molecule has 0 aliphatic carbocycles. The fourth-order valence-corrected chi connectivity index (χ4v) is 2.84. The summed E-state index contributed by atoms with van der Waals surface area (Å²) in [6, 6.07) is 16.3. The molecule has 2 aromatic rings. The molecule has 0 aliphatic heterocycles. The Kier molecular flexibility index (Phi) is 8.51. The smallest absolute Gasteiger partial charge is 0.261 e. The molecule has 0 unspecified atom stereocenters. The van der Waals surface area contributed by atoms with Gasteiger partial charge in [0.2, 0.25) is 5.91 Å². The van der Waals surface area contributed by atoms with Gasteiger partial charge in [0.25, 0.3) is 5.91 Å². The maximum Gasteiger partial charge on any atom is 0.261 e. The predicted molar refractivity (Wildman–Crippen MR) is 114 cm³/mol. The van der Waals surface area contributed by atoms with E-state index in [0.29, 0.717) is 12.3 Å². The maximum absolute atomic E-state index is 12.9. The van der Waals surface area contributed by atoms with Gasteiger partial charge in [0.1, 0.15) is 11.8 Å². The van der Waals surface area contributed by atoms with Crippen molar-refractivity contribution in [1.29, 1.82) is 0 Å². The minimum atomic E-state index is -0.607. The predicted octanol–water partition coefficient (Wildman–Crippen LogP) is 4.16. The first-order valence-corrected chi connectivity index (χ1v) is 10.2. The molecule has 2 atom stereocenters. The zero-order chi connectivity index (χ0) is 20.5. The fraction of sp³-hybridized carbons (Fsp3) is 0.364. The summed E-state index contributed by atoms with van der Waals surface area (Å²) in [6.07, 6.45) is 0.830. The van der Waals surface area contributed by atoms with Gasteiger partial charge in [-0.25, -0.2) is 0 Å². The number of halogens is 1. The molecule has 0 heterocycles. The molecule has 1 N–H and O–H groups in total. The van der Waals surface area contributed by atoms with Crippen LogP contribution in [-0.2, 0) is 16.1 Å². The first-order valence-electron chi connectivity index (χ1n) is 9.42. The van der Waals surface area contributed by atoms with Gasteiger partial charge in [0, 0.05) is 17.1 Å². The molecule has 2 aromatic carbocycles. The van der Waals surface area contributed by atoms with Crippen molar-refractivity contribution in [3.63, 3.8) is 0 Å². The highest BCUT2D eigenvalue weighted by Gasteiger charge is 2.27. The Hall–Kier alpha value is -2.34. The van der Waals surface area contributed by atoms with Crippen LogP contribution in [0.3, 0.4) is 0 Å². The summed E-state index contributed by atoms with van der Waals surface area (Å²) in [6.45, 7) is 5.91. The summed E-state index contributed by atoms with van der Waals surface area (Å²) >= 11 is 3.41. The monoisotopic (exact) mass is 446 g/mol. The van der Waals surface area contributed by atoms with Gasteiger partial charge < -0.3 is 15.0 Å². The van der Waals surface area contributed by atoms with Crippen LogP contribution in [0.4, 0.5) is 0 Å². The molecule has 150 valence electrons. The van der Waals surface area contributed by atoms with Crippen molar-refractivity contribution < 1.29 is 14.3 Å². The quantitative estimate of drug-likeness (QED) is 0.628. The van der Waals surface area contributed by atoms with Gasteiger partial charge in [-0.1, -0.05) is 53.2 Å². The molecule has 28 heavy (non-hydrogen) atoms. The van der Waals surface area contributed by atoms with Gasteiger partial charge in [-0.3, -0.25) is 9.59 Å². The second-order valence-corrected chi connectivity index (χ2v) is 7.66. The number of carbonyl (C=O) groups excluding carboxylic acids is 2. The standard InChI is InChI=1S/C22H27BrN2O3/c1-4-16(2)24-22(27)17(3)25(14-18-10-12-19(23)13-11-18)21(26)15-28-20-8-6-5-7-9-20/h5-13,16-17H,4,14-15H2,1-3H3,(H,24,27)/t16-,17+/m0/s1. The average molecular weight is 447 g/mol. The summed E-state index contributed by atoms with van der Waals surface area (Å²) in [5.74, 6) is 0.217. The highest BCUT2D eigenvalue weighted by molar-refractivity contribution is 9.10. The fourth-order valence-electron chi connectivity index (χ4n) is 2.58. The molecule has 0 spiro atoms. The second kappa shape index (κ2) is 10.9. The van der Waals surface area contributed by atoms with E-state index in [1.54, 1.807) is 24.0 Å². The van der Waals surface area contributed by atoms with E-state index in [0.717, 1.165) is 16.5 Å². The van der Waals surface area contributed by atoms with Crippen LogP contribution >= 0.6 is 15.9 Å². The molecule has 0 saturated carbocycles. The second-order valence-electron chi connectivity index (χ2n) is 6.74. The van der Waals surface area contributed by atoms with E-state index in [9.17, 15) is 9.59 Å². The Labute approximate surface area is 175 Å². The van der Waals surface area contributed by atoms with Crippen LogP contribution in [0, 0.1) is 0 Å². The first-order chi connectivity index (χ1) is 13.4. The van der Waals surface area contributed by atoms with Crippen molar-refractivity contribution in [3.8, 4) is 5.75 Å². The van der Waals surface area contributed by atoms with E-state index in [1.165, 1.54) is 0 Å². The first kappa shape index (κ1) is 22.0. The minimum absolute atomic E-state index is 0.0557. The molecular formula is C22H27BrN2O3. The molecule has 0 radical (unpaired) electrons. The molecule has 2 rings (SSSR count). The molecule has 0 aliphatic rings. The Balaban J connectivity index is 2.12. The van der Waals surface area contributed by atoms with Crippen molar-refractivity contribution in [2.75, 3.05) is 6.61 Å². The Morgan fingerprint density at radius 3 is 2.32 bits per heavy atom. The lowest BCUT2D eigenvalue weighted by atomic mass is 10.1. The topological polar surface area (TPSA) is 58.6 Å². The zero-order valence-electron chi connectivity index (χ0n) is 16.5. The molecule has 6 heteroatoms. The van der Waals surface area contributed by atoms with Crippen LogP contribution in [0.15, 0.2) is 59.1 Å². The van der Waals surface area contributed by atoms with Gasteiger partial charge in [0.15, 0.2) is 6.61 Å². The van der Waals surface area contributed by atoms with Gasteiger partial charge in [0.05, 0.1) is 0 Å². The number of carbonyl (C=O) groups is 2. The number of para-hydroxylation sites is 1. The molecule has 0 fully saturated rings. The lowest BCUT2D eigenvalue weighted by Crippen LogP contribution is -2.50. The zero-order valence-corrected chi connectivity index (χ0v) is 18.1. The number of nitrogens with zero attached hydrogens (tertiary/aromatic N) is 1. The number of amides is 2. The highest BCUT2D eigenvalue weighted by atomic mass is 79.9. The Morgan fingerprint density at radius 1 is 1.07 bits per heavy atom. The third-order valence-electron chi connectivity index (χ3n) is 4.54. The molecule has 0 saturated heterocycles. The van der Waals surface area contributed by atoms with E-state index in [2.05, 4.69) is 21.2 Å². The van der Waals surface area contributed by atoms with Gasteiger partial charge >= 0.3 is 0 Å². The summed E-state index contributed by atoms with van der Waals surface area (Å²) in [5, 5.41) is 2.95. The molecular weight excluding hydrogens is 420 g/mol. The van der Waals surface area contributed by atoms with Crippen LogP contribution in [-0.4, -0.2) is 35.4 Å². The minimum Gasteiger partial charge on any atom is -0.484 e. The molecule has 2 amide bonds. The van der Waals surface area contributed by atoms with E-state index >= 15 is 0 Å². The van der Waals surface area contributed by atoms with Crippen LogP contribution in [0.2, 0.25) is 0 Å². The van der Waals surface area contributed by atoms with E-state index in [-0.39, 0.29) is 24.5 Å². The van der Waals surface area contributed by atoms with E-state index in [1.807, 2.05) is 56.3 Å². The van der Waals surface area contributed by atoms with E-state index < -0.39 is 6.04 Å². The Morgan fingerprint density at radius 2 is 1.71 bits per heavy atom. The third kappa shape index (κ3) is 6.68. The van der Waals surface area contributed by atoms with Crippen molar-refractivity contribution in [2.24, 2.45) is 0 Å². The molecule has 5 nitrogen and oxygen atoms in total. The van der Waals surface area contributed by atoms with Crippen LogP contribution in [0.1, 0.15) is 32.8 Å². The highest BCUT2D eigenvalue weighted by Crippen LogP contribution is 2.15. The lowest BCUT2D eigenvalue weighted by molar-refractivity contribution is -0.142. The Bertz CT molecular complexity index is 765. The number of rotatable bonds is 9. The summed E-state index contributed by atoms with van der Waals surface area (Å²) in [5.41, 5.74) is 0.944. The lowest BCUT2D eigenvalue weighted by Gasteiger charge is -2.29. The van der Waals surface area contributed by atoms with Crippen LogP contribution in [0.25, 0.3) is 0 Å². The van der Waals surface area contributed by atoms with Gasteiger partial charge in [-0.15, -0.1) is 0 Å². The normalized spacial score (nSPS) is 12.7. The maximum atomic E-state index is 12.9. The van der Waals surface area contributed by atoms with Crippen molar-refractivity contribution in [1.82, 2.24) is 10.2 Å². The van der Waals surface area contributed by atoms with Crippen molar-refractivity contribution in [2.45, 2.75) is 45.8 Å². The van der Waals surface area contributed by atoms with Crippen LogP contribution in [0.5, 0.6) is 5.75 Å². The molecule has 0 aromatic heterocycles. The number of ether oxygens (including phenoxy) is 1.